The van der Waals surface area contributed by atoms with E-state index in [0.29, 0.717) is 5.69 Å². The molecule has 0 aromatic carbocycles. The van der Waals surface area contributed by atoms with Gasteiger partial charge in [0.2, 0.25) is 0 Å². The largest absolute Gasteiger partial charge is 0.463 e. The summed E-state index contributed by atoms with van der Waals surface area (Å²) in [7, 11) is 1.28. The van der Waals surface area contributed by atoms with Crippen LogP contribution in [0.1, 0.15) is 10.6 Å². The summed E-state index contributed by atoms with van der Waals surface area (Å²) in [4.78, 5) is 19.0. The third kappa shape index (κ3) is 2.08. The summed E-state index contributed by atoms with van der Waals surface area (Å²) in [6.45, 7) is 0. The maximum atomic E-state index is 11.1. The standard InChI is InChI=1S/C9H7BrN4O2/c1-16-9(15)8-12-5-14(13-8)7-2-6(10)3-11-4-7/h2-5H,1H3. The molecule has 0 N–H and O–H groups in total. The highest BCUT2D eigenvalue weighted by molar-refractivity contribution is 9.10. The number of pyridine rings is 1. The molecule has 0 aliphatic carbocycles. The Morgan fingerprint density at radius 2 is 2.31 bits per heavy atom. The second kappa shape index (κ2) is 4.40. The summed E-state index contributed by atoms with van der Waals surface area (Å²) in [6, 6.07) is 1.81. The van der Waals surface area contributed by atoms with Gasteiger partial charge in [-0.05, 0) is 22.0 Å². The molecule has 0 atom stereocenters. The fourth-order valence-corrected chi connectivity index (χ4v) is 1.45. The van der Waals surface area contributed by atoms with E-state index in [9.17, 15) is 4.79 Å². The molecule has 0 saturated heterocycles. The first-order chi connectivity index (χ1) is 7.70. The van der Waals surface area contributed by atoms with Gasteiger partial charge in [0.05, 0.1) is 19.0 Å². The molecule has 0 fully saturated rings. The van der Waals surface area contributed by atoms with Crippen LogP contribution in [-0.2, 0) is 4.74 Å². The summed E-state index contributed by atoms with van der Waals surface area (Å²) in [5.41, 5.74) is 0.706. The number of esters is 1. The van der Waals surface area contributed by atoms with E-state index in [1.807, 2.05) is 6.07 Å². The van der Waals surface area contributed by atoms with Crippen LogP contribution in [0.3, 0.4) is 0 Å². The van der Waals surface area contributed by atoms with Gasteiger partial charge in [-0.1, -0.05) is 0 Å². The van der Waals surface area contributed by atoms with Gasteiger partial charge < -0.3 is 4.74 Å². The van der Waals surface area contributed by atoms with Crippen molar-refractivity contribution in [2.45, 2.75) is 0 Å². The van der Waals surface area contributed by atoms with E-state index >= 15 is 0 Å². The van der Waals surface area contributed by atoms with Crippen LogP contribution in [0.2, 0.25) is 0 Å². The summed E-state index contributed by atoms with van der Waals surface area (Å²) in [5.74, 6) is -0.552. The molecule has 0 saturated carbocycles. The lowest BCUT2D eigenvalue weighted by Crippen LogP contribution is -2.05. The Morgan fingerprint density at radius 1 is 1.50 bits per heavy atom. The van der Waals surface area contributed by atoms with Crippen molar-refractivity contribution in [1.82, 2.24) is 19.7 Å². The zero-order chi connectivity index (χ0) is 11.5. The number of hydrogen-bond donors (Lipinski definition) is 0. The second-order valence-corrected chi connectivity index (χ2v) is 3.78. The molecule has 0 spiro atoms. The number of methoxy groups -OCH3 is 1. The average molecular weight is 283 g/mol. The fourth-order valence-electron chi connectivity index (χ4n) is 1.10. The number of nitrogens with zero attached hydrogens (tertiary/aromatic N) is 4. The minimum atomic E-state index is -0.568. The Kier molecular flexibility index (Phi) is 2.95. The van der Waals surface area contributed by atoms with Gasteiger partial charge in [0.15, 0.2) is 0 Å². The highest BCUT2D eigenvalue weighted by Crippen LogP contribution is 2.12. The van der Waals surface area contributed by atoms with Crippen LogP contribution in [0.4, 0.5) is 0 Å². The first-order valence-corrected chi connectivity index (χ1v) is 5.11. The van der Waals surface area contributed by atoms with Crippen molar-refractivity contribution < 1.29 is 9.53 Å². The summed E-state index contributed by atoms with van der Waals surface area (Å²) < 4.78 is 6.78. The molecular formula is C9H7BrN4O2. The van der Waals surface area contributed by atoms with Gasteiger partial charge in [0.1, 0.15) is 6.33 Å². The molecule has 6 nitrogen and oxygen atoms in total. The number of halogens is 1. The molecule has 0 amide bonds. The summed E-state index contributed by atoms with van der Waals surface area (Å²) in [5, 5.41) is 3.96. The van der Waals surface area contributed by atoms with Crippen LogP contribution in [-0.4, -0.2) is 32.8 Å². The molecule has 82 valence electrons. The second-order valence-electron chi connectivity index (χ2n) is 2.87. The van der Waals surface area contributed by atoms with Gasteiger partial charge in [0.25, 0.3) is 5.82 Å². The number of rotatable bonds is 2. The third-order valence-corrected chi connectivity index (χ3v) is 2.25. The Bertz CT molecular complexity index is 526. The van der Waals surface area contributed by atoms with E-state index < -0.39 is 5.97 Å². The molecule has 0 bridgehead atoms. The molecule has 16 heavy (non-hydrogen) atoms. The van der Waals surface area contributed by atoms with Crippen LogP contribution in [0.25, 0.3) is 5.69 Å². The minimum absolute atomic E-state index is 0.0162. The Balaban J connectivity index is 2.35. The van der Waals surface area contributed by atoms with Crippen LogP contribution >= 0.6 is 15.9 Å². The van der Waals surface area contributed by atoms with E-state index in [1.54, 1.807) is 12.4 Å². The molecule has 0 radical (unpaired) electrons. The maximum absolute atomic E-state index is 11.1. The SMILES string of the molecule is COC(=O)c1ncn(-c2cncc(Br)c2)n1. The van der Waals surface area contributed by atoms with Crippen LogP contribution in [0.15, 0.2) is 29.3 Å². The molecule has 0 aliphatic heterocycles. The van der Waals surface area contributed by atoms with Gasteiger partial charge >= 0.3 is 5.97 Å². The van der Waals surface area contributed by atoms with Crippen LogP contribution in [0.5, 0.6) is 0 Å². The maximum Gasteiger partial charge on any atom is 0.377 e. The van der Waals surface area contributed by atoms with Crippen molar-refractivity contribution in [3.63, 3.8) is 0 Å². The minimum Gasteiger partial charge on any atom is -0.463 e. The topological polar surface area (TPSA) is 69.9 Å². The van der Waals surface area contributed by atoms with Crippen molar-refractivity contribution in [3.05, 3.63) is 35.1 Å². The number of ether oxygens (including phenoxy) is 1. The lowest BCUT2D eigenvalue weighted by atomic mass is 10.4. The monoisotopic (exact) mass is 282 g/mol. The third-order valence-electron chi connectivity index (χ3n) is 1.81. The van der Waals surface area contributed by atoms with E-state index in [-0.39, 0.29) is 5.82 Å². The van der Waals surface area contributed by atoms with Crippen LogP contribution in [0, 0.1) is 0 Å². The van der Waals surface area contributed by atoms with E-state index in [1.165, 1.54) is 18.1 Å². The lowest BCUT2D eigenvalue weighted by Gasteiger charge is -1.98. The van der Waals surface area contributed by atoms with Crippen molar-refractivity contribution in [1.29, 1.82) is 0 Å². The quantitative estimate of drug-likeness (QED) is 0.775. The fraction of sp³-hybridized carbons (Fsp3) is 0.111. The van der Waals surface area contributed by atoms with Gasteiger partial charge in [0, 0.05) is 10.7 Å². The average Bonchev–Trinajstić information content (AvgIpc) is 2.77. The Hall–Kier alpha value is -1.76. The zero-order valence-corrected chi connectivity index (χ0v) is 9.88. The Morgan fingerprint density at radius 3 is 3.00 bits per heavy atom. The number of hydrogen-bond acceptors (Lipinski definition) is 5. The van der Waals surface area contributed by atoms with Crippen molar-refractivity contribution >= 4 is 21.9 Å². The van der Waals surface area contributed by atoms with Gasteiger partial charge in [-0.2, -0.15) is 0 Å². The van der Waals surface area contributed by atoms with Crippen molar-refractivity contribution in [2.24, 2.45) is 0 Å². The lowest BCUT2D eigenvalue weighted by molar-refractivity contribution is 0.0587. The van der Waals surface area contributed by atoms with Gasteiger partial charge in [-0.25, -0.2) is 14.5 Å². The predicted octanol–water partition coefficient (Wildman–Crippen LogP) is 1.21. The first kappa shape index (κ1) is 10.7. The molecule has 0 unspecified atom stereocenters. The van der Waals surface area contributed by atoms with Gasteiger partial charge in [-0.3, -0.25) is 4.98 Å². The summed E-state index contributed by atoms with van der Waals surface area (Å²) in [6.07, 6.45) is 4.69. The highest BCUT2D eigenvalue weighted by Gasteiger charge is 2.11. The number of aromatic nitrogens is 4. The zero-order valence-electron chi connectivity index (χ0n) is 8.29. The highest BCUT2D eigenvalue weighted by atomic mass is 79.9. The molecule has 7 heteroatoms. The molecule has 2 rings (SSSR count). The number of carbonyl (C=O) groups is 1. The molecule has 0 aliphatic rings. The van der Waals surface area contributed by atoms with E-state index in [2.05, 4.69) is 35.7 Å². The van der Waals surface area contributed by atoms with E-state index in [0.717, 1.165) is 4.47 Å². The summed E-state index contributed by atoms with van der Waals surface area (Å²) >= 11 is 3.29. The predicted molar refractivity (Wildman–Crippen MR) is 58.2 cm³/mol. The molecule has 2 aromatic rings. The van der Waals surface area contributed by atoms with E-state index in [4.69, 9.17) is 0 Å². The van der Waals surface area contributed by atoms with Gasteiger partial charge in [-0.15, -0.1) is 5.10 Å². The normalized spacial score (nSPS) is 10.1. The van der Waals surface area contributed by atoms with Crippen molar-refractivity contribution in [2.75, 3.05) is 7.11 Å². The smallest absolute Gasteiger partial charge is 0.377 e. The molecule has 2 heterocycles. The first-order valence-electron chi connectivity index (χ1n) is 4.31. The number of carbonyl (C=O) groups excluding carboxylic acids is 1. The molecule has 2 aromatic heterocycles. The Labute approximate surface area is 99.4 Å². The van der Waals surface area contributed by atoms with Crippen LogP contribution < -0.4 is 0 Å². The molecular weight excluding hydrogens is 276 g/mol. The van der Waals surface area contributed by atoms with Crippen molar-refractivity contribution in [3.8, 4) is 5.69 Å².